The summed E-state index contributed by atoms with van der Waals surface area (Å²) in [6.07, 6.45) is 0.248. The number of hydrazone groups is 1. The lowest BCUT2D eigenvalue weighted by Gasteiger charge is -2.38. The van der Waals surface area contributed by atoms with Crippen LogP contribution in [0, 0.1) is 12.7 Å². The monoisotopic (exact) mass is 348 g/mol. The van der Waals surface area contributed by atoms with Crippen molar-refractivity contribution in [2.45, 2.75) is 25.6 Å². The van der Waals surface area contributed by atoms with Crippen molar-refractivity contribution >= 4 is 5.71 Å². The van der Waals surface area contributed by atoms with Gasteiger partial charge in [-0.3, -0.25) is 0 Å². The van der Waals surface area contributed by atoms with Gasteiger partial charge >= 0.3 is 0 Å². The SMILES string of the molecule is Cc1ccc(C2=NN3[C@H](C2)c2ccccc2O[C@@H]3c2cccc(F)c2)o1. The van der Waals surface area contributed by atoms with E-state index >= 15 is 0 Å². The summed E-state index contributed by atoms with van der Waals surface area (Å²) < 4.78 is 25.7. The number of para-hydroxylation sites is 1. The highest BCUT2D eigenvalue weighted by molar-refractivity contribution is 5.99. The molecule has 0 saturated carbocycles. The molecule has 0 aliphatic carbocycles. The van der Waals surface area contributed by atoms with Gasteiger partial charge in [0.15, 0.2) is 0 Å². The molecule has 2 aromatic carbocycles. The van der Waals surface area contributed by atoms with E-state index in [1.165, 1.54) is 12.1 Å². The highest BCUT2D eigenvalue weighted by Crippen LogP contribution is 2.47. The smallest absolute Gasteiger partial charge is 0.213 e. The summed E-state index contributed by atoms with van der Waals surface area (Å²) in [4.78, 5) is 0. The molecule has 0 N–H and O–H groups in total. The molecule has 2 aliphatic rings. The average molecular weight is 348 g/mol. The fourth-order valence-corrected chi connectivity index (χ4v) is 3.65. The first-order valence-electron chi connectivity index (χ1n) is 8.63. The van der Waals surface area contributed by atoms with Crippen LogP contribution in [-0.4, -0.2) is 10.7 Å². The van der Waals surface area contributed by atoms with Crippen molar-refractivity contribution < 1.29 is 13.5 Å². The molecule has 2 atom stereocenters. The highest BCUT2D eigenvalue weighted by atomic mass is 19.1. The Hall–Kier alpha value is -3.08. The van der Waals surface area contributed by atoms with Gasteiger partial charge in [0, 0.05) is 17.5 Å². The normalized spacial score (nSPS) is 21.0. The second-order valence-electron chi connectivity index (χ2n) is 6.62. The molecule has 4 nitrogen and oxygen atoms in total. The number of furan rings is 1. The summed E-state index contributed by atoms with van der Waals surface area (Å²) in [6.45, 7) is 1.92. The van der Waals surface area contributed by atoms with Gasteiger partial charge in [0.2, 0.25) is 6.23 Å². The van der Waals surface area contributed by atoms with Crippen molar-refractivity contribution in [2.24, 2.45) is 5.10 Å². The summed E-state index contributed by atoms with van der Waals surface area (Å²) in [5.74, 6) is 2.15. The van der Waals surface area contributed by atoms with Crippen LogP contribution in [0.3, 0.4) is 0 Å². The lowest BCUT2D eigenvalue weighted by molar-refractivity contribution is -0.0192. The van der Waals surface area contributed by atoms with Crippen LogP contribution in [-0.2, 0) is 0 Å². The molecule has 2 aliphatic heterocycles. The third-order valence-corrected chi connectivity index (χ3v) is 4.86. The summed E-state index contributed by atoms with van der Waals surface area (Å²) in [5, 5.41) is 6.71. The molecule has 0 saturated heterocycles. The molecule has 0 spiro atoms. The van der Waals surface area contributed by atoms with Crippen LogP contribution in [0.4, 0.5) is 4.39 Å². The van der Waals surface area contributed by atoms with E-state index in [9.17, 15) is 4.39 Å². The maximum absolute atomic E-state index is 13.8. The standard InChI is InChI=1S/C21H17FN2O2/c1-13-9-10-20(25-13)17-12-18-16-7-2-3-8-19(16)26-21(24(18)23-17)14-5-4-6-15(22)11-14/h2-11,18,21H,12H2,1H3/t18-,21-/m1/s1. The molecule has 0 bridgehead atoms. The van der Waals surface area contributed by atoms with Crippen LogP contribution in [0.25, 0.3) is 0 Å². The Morgan fingerprint density at radius 2 is 1.96 bits per heavy atom. The van der Waals surface area contributed by atoms with Crippen molar-refractivity contribution in [3.05, 3.63) is 89.1 Å². The fraction of sp³-hybridized carbons (Fsp3) is 0.190. The minimum atomic E-state index is -0.473. The fourth-order valence-electron chi connectivity index (χ4n) is 3.65. The number of rotatable bonds is 2. The third kappa shape index (κ3) is 2.39. The summed E-state index contributed by atoms with van der Waals surface area (Å²) in [7, 11) is 0. The Morgan fingerprint density at radius 1 is 1.08 bits per heavy atom. The minimum absolute atomic E-state index is 0.0358. The van der Waals surface area contributed by atoms with Crippen LogP contribution in [0.1, 0.15) is 41.3 Å². The molecule has 3 heterocycles. The number of halogens is 1. The third-order valence-electron chi connectivity index (χ3n) is 4.86. The molecule has 130 valence electrons. The zero-order valence-corrected chi connectivity index (χ0v) is 14.2. The van der Waals surface area contributed by atoms with Gasteiger partial charge < -0.3 is 9.15 Å². The van der Waals surface area contributed by atoms with E-state index in [1.54, 1.807) is 6.07 Å². The van der Waals surface area contributed by atoms with E-state index in [4.69, 9.17) is 14.3 Å². The molecule has 0 amide bonds. The van der Waals surface area contributed by atoms with Gasteiger partial charge in [0.25, 0.3) is 0 Å². The van der Waals surface area contributed by atoms with Crippen LogP contribution < -0.4 is 4.74 Å². The van der Waals surface area contributed by atoms with E-state index in [1.807, 2.05) is 48.3 Å². The number of hydrogen-bond acceptors (Lipinski definition) is 4. The Balaban J connectivity index is 1.61. The maximum atomic E-state index is 13.8. The van der Waals surface area contributed by atoms with Gasteiger partial charge in [-0.15, -0.1) is 0 Å². The van der Waals surface area contributed by atoms with Gasteiger partial charge in [-0.1, -0.05) is 30.3 Å². The molecule has 5 heteroatoms. The van der Waals surface area contributed by atoms with E-state index in [0.717, 1.165) is 40.5 Å². The molecule has 26 heavy (non-hydrogen) atoms. The largest absolute Gasteiger partial charge is 0.464 e. The lowest BCUT2D eigenvalue weighted by Crippen LogP contribution is -2.33. The Labute approximate surface area is 150 Å². The maximum Gasteiger partial charge on any atom is 0.213 e. The van der Waals surface area contributed by atoms with Crippen LogP contribution >= 0.6 is 0 Å². The first-order valence-corrected chi connectivity index (χ1v) is 8.63. The molecule has 3 aromatic rings. The topological polar surface area (TPSA) is 38.0 Å². The van der Waals surface area contributed by atoms with Crippen molar-refractivity contribution in [3.8, 4) is 5.75 Å². The van der Waals surface area contributed by atoms with Crippen molar-refractivity contribution in [2.75, 3.05) is 0 Å². The number of aryl methyl sites for hydroxylation is 1. The zero-order valence-electron chi connectivity index (χ0n) is 14.2. The molecule has 0 radical (unpaired) electrons. The summed E-state index contributed by atoms with van der Waals surface area (Å²) in [6, 6.07) is 18.4. The van der Waals surface area contributed by atoms with Crippen molar-refractivity contribution in [1.29, 1.82) is 0 Å². The second kappa shape index (κ2) is 5.73. The van der Waals surface area contributed by atoms with Gasteiger partial charge in [-0.25, -0.2) is 9.40 Å². The molecular weight excluding hydrogens is 331 g/mol. The van der Waals surface area contributed by atoms with Crippen molar-refractivity contribution in [3.63, 3.8) is 0 Å². The van der Waals surface area contributed by atoms with Gasteiger partial charge in [0.1, 0.15) is 28.8 Å². The lowest BCUT2D eigenvalue weighted by atomic mass is 9.97. The van der Waals surface area contributed by atoms with E-state index in [-0.39, 0.29) is 11.9 Å². The number of fused-ring (bicyclic) bond motifs is 3. The molecule has 1 aromatic heterocycles. The highest BCUT2D eigenvalue weighted by Gasteiger charge is 2.41. The summed E-state index contributed by atoms with van der Waals surface area (Å²) >= 11 is 0. The first-order chi connectivity index (χ1) is 12.7. The number of ether oxygens (including phenoxy) is 1. The number of benzene rings is 2. The number of nitrogens with zero attached hydrogens (tertiary/aromatic N) is 2. The predicted octanol–water partition coefficient (Wildman–Crippen LogP) is 4.97. The Bertz CT molecular complexity index is 1010. The number of hydrogen-bond donors (Lipinski definition) is 0. The van der Waals surface area contributed by atoms with Crippen LogP contribution in [0.5, 0.6) is 5.75 Å². The first kappa shape index (κ1) is 15.2. The summed E-state index contributed by atoms with van der Waals surface area (Å²) in [5.41, 5.74) is 2.71. The zero-order chi connectivity index (χ0) is 17.7. The predicted molar refractivity (Wildman–Crippen MR) is 95.4 cm³/mol. The van der Waals surface area contributed by atoms with E-state index in [2.05, 4.69) is 6.07 Å². The quantitative estimate of drug-likeness (QED) is 0.656. The van der Waals surface area contributed by atoms with Crippen LogP contribution in [0.2, 0.25) is 0 Å². The van der Waals surface area contributed by atoms with Gasteiger partial charge in [-0.2, -0.15) is 5.10 Å². The molecular formula is C21H17FN2O2. The molecule has 5 rings (SSSR count). The molecule has 0 unspecified atom stereocenters. The Morgan fingerprint density at radius 3 is 2.77 bits per heavy atom. The Kier molecular flexibility index (Phi) is 3.35. The van der Waals surface area contributed by atoms with Crippen LogP contribution in [0.15, 0.2) is 70.2 Å². The average Bonchev–Trinajstić information content (AvgIpc) is 3.27. The van der Waals surface area contributed by atoms with Crippen molar-refractivity contribution in [1.82, 2.24) is 5.01 Å². The molecule has 0 fully saturated rings. The van der Waals surface area contributed by atoms with Gasteiger partial charge in [-0.05, 0) is 37.3 Å². The van der Waals surface area contributed by atoms with Gasteiger partial charge in [0.05, 0.1) is 6.04 Å². The van der Waals surface area contributed by atoms with E-state index < -0.39 is 6.23 Å². The second-order valence-corrected chi connectivity index (χ2v) is 6.62. The van der Waals surface area contributed by atoms with E-state index in [0.29, 0.717) is 0 Å². The minimum Gasteiger partial charge on any atom is -0.464 e.